The summed E-state index contributed by atoms with van der Waals surface area (Å²) in [4.78, 5) is 21.4. The van der Waals surface area contributed by atoms with Crippen molar-refractivity contribution in [1.82, 2.24) is 9.03 Å². The zero-order chi connectivity index (χ0) is 13.1. The molecule has 1 aliphatic heterocycles. The van der Waals surface area contributed by atoms with Gasteiger partial charge in [0, 0.05) is 20.0 Å². The number of rotatable bonds is 6. The Morgan fingerprint density at radius 3 is 2.76 bits per heavy atom. The maximum atomic E-state index is 11.7. The Bertz CT molecular complexity index is 406. The molecule has 0 radical (unpaired) electrons. The van der Waals surface area contributed by atoms with Crippen LogP contribution in [0.2, 0.25) is 0 Å². The lowest BCUT2D eigenvalue weighted by Crippen LogP contribution is -2.45. The van der Waals surface area contributed by atoms with Crippen LogP contribution in [0.25, 0.3) is 0 Å². The van der Waals surface area contributed by atoms with Crippen molar-refractivity contribution >= 4 is 22.1 Å². The molecule has 0 aromatic heterocycles. The predicted molar refractivity (Wildman–Crippen MR) is 56.3 cm³/mol. The average Bonchev–Trinajstić information content (AvgIpc) is 2.60. The second-order valence-corrected chi connectivity index (χ2v) is 5.41. The summed E-state index contributed by atoms with van der Waals surface area (Å²) in [5.41, 5.74) is 0. The maximum Gasteiger partial charge on any atom is 0.324 e. The number of hydrogen-bond donors (Lipinski definition) is 2. The molecular formula is C8H14N2O6S. The Labute approximate surface area is 98.7 Å². The third kappa shape index (κ3) is 3.95. The second kappa shape index (κ2) is 5.43. The van der Waals surface area contributed by atoms with E-state index in [1.807, 2.05) is 0 Å². The van der Waals surface area contributed by atoms with E-state index in [2.05, 4.69) is 9.46 Å². The Balaban J connectivity index is 2.55. The van der Waals surface area contributed by atoms with E-state index >= 15 is 0 Å². The van der Waals surface area contributed by atoms with Gasteiger partial charge in [-0.3, -0.25) is 9.59 Å². The van der Waals surface area contributed by atoms with Crippen LogP contribution >= 0.6 is 0 Å². The minimum absolute atomic E-state index is 0.160. The molecule has 1 aliphatic rings. The molecule has 0 aliphatic carbocycles. The minimum atomic E-state index is -3.85. The Kier molecular flexibility index (Phi) is 4.43. The quantitative estimate of drug-likeness (QED) is 0.568. The molecule has 9 heteroatoms. The number of carboxylic acid groups (broad SMARTS) is 1. The molecule has 0 bridgehead atoms. The van der Waals surface area contributed by atoms with Crippen molar-refractivity contribution in [2.75, 3.05) is 20.2 Å². The van der Waals surface area contributed by atoms with Gasteiger partial charge in [-0.05, 0) is 0 Å². The van der Waals surface area contributed by atoms with Crippen LogP contribution in [0.4, 0.5) is 0 Å². The SMILES string of the molecule is CN(CCC(=O)O)S(=O)(=O)NC1CCOC1=O. The fourth-order valence-electron chi connectivity index (χ4n) is 1.25. The van der Waals surface area contributed by atoms with Crippen molar-refractivity contribution < 1.29 is 27.9 Å². The van der Waals surface area contributed by atoms with Gasteiger partial charge >= 0.3 is 11.9 Å². The number of hydrogen-bond acceptors (Lipinski definition) is 5. The number of carbonyl (C=O) groups is 2. The third-order valence-electron chi connectivity index (χ3n) is 2.28. The molecule has 17 heavy (non-hydrogen) atoms. The van der Waals surface area contributed by atoms with Gasteiger partial charge in [-0.25, -0.2) is 0 Å². The van der Waals surface area contributed by atoms with Crippen molar-refractivity contribution in [3.05, 3.63) is 0 Å². The van der Waals surface area contributed by atoms with Crippen LogP contribution < -0.4 is 4.72 Å². The summed E-state index contributed by atoms with van der Waals surface area (Å²) in [6, 6.07) is -0.882. The number of carbonyl (C=O) groups excluding carboxylic acids is 1. The van der Waals surface area contributed by atoms with Crippen LogP contribution in [0.1, 0.15) is 12.8 Å². The lowest BCUT2D eigenvalue weighted by Gasteiger charge is -2.18. The van der Waals surface area contributed by atoms with E-state index in [1.165, 1.54) is 7.05 Å². The normalized spacial score (nSPS) is 20.6. The fourth-order valence-corrected chi connectivity index (χ4v) is 2.33. The Morgan fingerprint density at radius 1 is 1.65 bits per heavy atom. The number of esters is 1. The number of aliphatic carboxylic acids is 1. The van der Waals surface area contributed by atoms with Crippen molar-refractivity contribution in [1.29, 1.82) is 0 Å². The molecule has 1 atom stereocenters. The topological polar surface area (TPSA) is 113 Å². The lowest BCUT2D eigenvalue weighted by molar-refractivity contribution is -0.139. The number of nitrogens with one attached hydrogen (secondary N) is 1. The highest BCUT2D eigenvalue weighted by Gasteiger charge is 2.32. The molecule has 1 unspecified atom stereocenters. The lowest BCUT2D eigenvalue weighted by atomic mass is 10.3. The minimum Gasteiger partial charge on any atom is -0.481 e. The van der Waals surface area contributed by atoms with E-state index in [4.69, 9.17) is 5.11 Å². The molecule has 0 aromatic carbocycles. The second-order valence-electron chi connectivity index (χ2n) is 3.60. The molecule has 1 fully saturated rings. The number of carboxylic acids is 1. The first-order chi connectivity index (χ1) is 7.83. The van der Waals surface area contributed by atoms with E-state index in [0.29, 0.717) is 0 Å². The number of cyclic esters (lactones) is 1. The van der Waals surface area contributed by atoms with E-state index in [0.717, 1.165) is 4.31 Å². The maximum absolute atomic E-state index is 11.7. The fraction of sp³-hybridized carbons (Fsp3) is 0.750. The Hall–Kier alpha value is -1.19. The summed E-state index contributed by atoms with van der Waals surface area (Å²) in [7, 11) is -2.61. The van der Waals surface area contributed by atoms with Gasteiger partial charge in [-0.2, -0.15) is 17.4 Å². The molecule has 8 nitrogen and oxygen atoms in total. The molecule has 1 rings (SSSR count). The highest BCUT2D eigenvalue weighted by atomic mass is 32.2. The molecule has 0 saturated carbocycles. The van der Waals surface area contributed by atoms with Crippen LogP contribution in [0.3, 0.4) is 0 Å². The summed E-state index contributed by atoms with van der Waals surface area (Å²) >= 11 is 0. The first-order valence-corrected chi connectivity index (χ1v) is 6.39. The van der Waals surface area contributed by atoms with E-state index in [9.17, 15) is 18.0 Å². The van der Waals surface area contributed by atoms with Gasteiger partial charge in [0.2, 0.25) is 0 Å². The number of ether oxygens (including phenoxy) is 1. The monoisotopic (exact) mass is 266 g/mol. The van der Waals surface area contributed by atoms with Crippen LogP contribution in [-0.2, 0) is 24.5 Å². The van der Waals surface area contributed by atoms with Gasteiger partial charge in [0.1, 0.15) is 6.04 Å². The molecule has 0 amide bonds. The van der Waals surface area contributed by atoms with Gasteiger partial charge in [-0.1, -0.05) is 0 Å². The third-order valence-corrected chi connectivity index (χ3v) is 3.86. The molecule has 1 saturated heterocycles. The Morgan fingerprint density at radius 2 is 2.29 bits per heavy atom. The summed E-state index contributed by atoms with van der Waals surface area (Å²) in [6.45, 7) is 0.0251. The zero-order valence-corrected chi connectivity index (χ0v) is 10.1. The van der Waals surface area contributed by atoms with Crippen molar-refractivity contribution in [2.45, 2.75) is 18.9 Å². The van der Waals surface area contributed by atoms with Crippen molar-refractivity contribution in [2.24, 2.45) is 0 Å². The van der Waals surface area contributed by atoms with Gasteiger partial charge in [0.15, 0.2) is 0 Å². The largest absolute Gasteiger partial charge is 0.481 e. The highest BCUT2D eigenvalue weighted by molar-refractivity contribution is 7.87. The van der Waals surface area contributed by atoms with Gasteiger partial charge in [-0.15, -0.1) is 0 Å². The van der Waals surface area contributed by atoms with Crippen LogP contribution in [0.5, 0.6) is 0 Å². The average molecular weight is 266 g/mol. The summed E-state index contributed by atoms with van der Waals surface area (Å²) in [5, 5.41) is 8.44. The molecule has 1 heterocycles. The van der Waals surface area contributed by atoms with Gasteiger partial charge < -0.3 is 9.84 Å². The summed E-state index contributed by atoms with van der Waals surface area (Å²) in [6.07, 6.45) is -0.0165. The first-order valence-electron chi connectivity index (χ1n) is 4.95. The molecule has 98 valence electrons. The van der Waals surface area contributed by atoms with Gasteiger partial charge in [0.05, 0.1) is 13.0 Å². The molecule has 0 aromatic rings. The van der Waals surface area contributed by atoms with E-state index < -0.39 is 28.2 Å². The molecule has 0 spiro atoms. The summed E-state index contributed by atoms with van der Waals surface area (Å²) in [5.74, 6) is -1.70. The van der Waals surface area contributed by atoms with Crippen molar-refractivity contribution in [3.63, 3.8) is 0 Å². The van der Waals surface area contributed by atoms with E-state index in [-0.39, 0.29) is 26.0 Å². The van der Waals surface area contributed by atoms with Crippen LogP contribution in [0.15, 0.2) is 0 Å². The smallest absolute Gasteiger partial charge is 0.324 e. The standard InChI is InChI=1S/C8H14N2O6S/c1-10(4-2-7(11)12)17(14,15)9-6-3-5-16-8(6)13/h6,9H,2-5H2,1H3,(H,11,12). The van der Waals surface area contributed by atoms with Crippen molar-refractivity contribution in [3.8, 4) is 0 Å². The zero-order valence-electron chi connectivity index (χ0n) is 9.25. The highest BCUT2D eigenvalue weighted by Crippen LogP contribution is 2.08. The predicted octanol–water partition coefficient (Wildman–Crippen LogP) is -1.46. The van der Waals surface area contributed by atoms with E-state index in [1.54, 1.807) is 0 Å². The van der Waals surface area contributed by atoms with Gasteiger partial charge in [0.25, 0.3) is 10.2 Å². The first kappa shape index (κ1) is 13.9. The molecular weight excluding hydrogens is 252 g/mol. The number of nitrogens with zero attached hydrogens (tertiary/aromatic N) is 1. The van der Waals surface area contributed by atoms with Crippen LogP contribution in [0, 0.1) is 0 Å². The summed E-state index contributed by atoms with van der Waals surface area (Å²) < 4.78 is 30.9. The van der Waals surface area contributed by atoms with Crippen LogP contribution in [-0.4, -0.2) is 56.0 Å². The molecule has 2 N–H and O–H groups in total.